The van der Waals surface area contributed by atoms with Crippen LogP contribution in [0.2, 0.25) is 0 Å². The number of hydrogen-bond acceptors (Lipinski definition) is 15. The molecule has 20 heteroatoms. The van der Waals surface area contributed by atoms with Gasteiger partial charge in [-0.15, -0.1) is 0 Å². The van der Waals surface area contributed by atoms with Gasteiger partial charge in [-0.25, -0.2) is 0 Å². The molecular weight excluding hydrogens is 588 g/mol. The molecule has 18 nitrogen and oxygen atoms in total. The third-order valence-electron chi connectivity index (χ3n) is 3.90. The summed E-state index contributed by atoms with van der Waals surface area (Å²) >= 11 is 0. The zero-order valence-corrected chi connectivity index (χ0v) is 24.6. The van der Waals surface area contributed by atoms with Gasteiger partial charge in [0.2, 0.25) is 17.7 Å². The molecule has 0 radical (unpaired) electrons. The standard InChI is InChI=1S/3C7H11NO5.2Al/c3*1-4(9)8-5(7(12)13)2-3-6(10)11;;/h3*5H,2-3H2,1H3,(H,8,9)(H,10,11)(H,12,13);;/q;;;2*+3/p-6/t3*5-;;/m000../s1. The molecule has 0 aliphatic heterocycles. The molecular formula is C21H27Al2N3O15. The molecule has 0 rings (SSSR count). The summed E-state index contributed by atoms with van der Waals surface area (Å²) in [6.45, 7) is 3.40. The van der Waals surface area contributed by atoms with Crippen molar-refractivity contribution in [1.29, 1.82) is 0 Å². The molecule has 0 fully saturated rings. The number of hydrogen-bond donors (Lipinski definition) is 3. The second kappa shape index (κ2) is 26.5. The molecule has 0 saturated heterocycles. The Morgan fingerprint density at radius 3 is 0.707 bits per heavy atom. The molecule has 0 aromatic rings. The molecule has 0 aliphatic rings. The van der Waals surface area contributed by atoms with Crippen molar-refractivity contribution >= 4 is 88.3 Å². The maximum Gasteiger partial charge on any atom is 3.00 e. The summed E-state index contributed by atoms with van der Waals surface area (Å²) in [5, 5.41) is 67.0. The number of carbonyl (C=O) groups excluding carboxylic acids is 9. The molecule has 3 N–H and O–H groups in total. The Kier molecular flexibility index (Phi) is 30.5. The Labute approximate surface area is 255 Å². The van der Waals surface area contributed by atoms with Gasteiger partial charge in [0.1, 0.15) is 0 Å². The summed E-state index contributed by atoms with van der Waals surface area (Å²) in [4.78, 5) is 92.2. The van der Waals surface area contributed by atoms with Crippen molar-refractivity contribution < 1.29 is 73.8 Å². The summed E-state index contributed by atoms with van der Waals surface area (Å²) in [6, 6.07) is -3.80. The topological polar surface area (TPSA) is 328 Å². The normalized spacial score (nSPS) is 11.2. The zero-order chi connectivity index (χ0) is 31.3. The summed E-state index contributed by atoms with van der Waals surface area (Å²) in [5.41, 5.74) is 0. The van der Waals surface area contributed by atoms with Crippen molar-refractivity contribution in [2.75, 3.05) is 0 Å². The van der Waals surface area contributed by atoms with E-state index in [4.69, 9.17) is 0 Å². The SMILES string of the molecule is CC(=O)N[C@@H](CCC(=O)[O-])C(=O)[O-].CC(=O)N[C@@H](CCC(=O)[O-])C(=O)[O-].CC(=O)N[C@@H](CCC(=O)[O-])C(=O)[O-].[Al+3].[Al+3]. The van der Waals surface area contributed by atoms with Crippen molar-refractivity contribution in [1.82, 2.24) is 16.0 Å². The van der Waals surface area contributed by atoms with Crippen molar-refractivity contribution in [3.8, 4) is 0 Å². The van der Waals surface area contributed by atoms with Crippen LogP contribution in [0.15, 0.2) is 0 Å². The molecule has 3 atom stereocenters. The van der Waals surface area contributed by atoms with Crippen LogP contribution in [0.3, 0.4) is 0 Å². The number of nitrogens with one attached hydrogen (secondary N) is 3. The van der Waals surface area contributed by atoms with E-state index in [0.717, 1.165) is 20.8 Å². The number of carboxylic acids is 6. The zero-order valence-electron chi connectivity index (χ0n) is 22.3. The van der Waals surface area contributed by atoms with Gasteiger partial charge >= 0.3 is 34.7 Å². The first-order valence-corrected chi connectivity index (χ1v) is 10.8. The largest absolute Gasteiger partial charge is 3.00 e. The maximum atomic E-state index is 10.4. The third-order valence-corrected chi connectivity index (χ3v) is 3.90. The maximum absolute atomic E-state index is 10.4. The molecule has 41 heavy (non-hydrogen) atoms. The van der Waals surface area contributed by atoms with Gasteiger partial charge in [0, 0.05) is 38.7 Å². The van der Waals surface area contributed by atoms with E-state index < -0.39 is 90.9 Å². The van der Waals surface area contributed by atoms with Crippen LogP contribution in [0.4, 0.5) is 0 Å². The number of aliphatic carboxylic acids is 6. The van der Waals surface area contributed by atoms with Crippen LogP contribution in [-0.4, -0.2) is 106 Å². The summed E-state index contributed by atoms with van der Waals surface area (Å²) < 4.78 is 0. The number of rotatable bonds is 15. The van der Waals surface area contributed by atoms with Crippen LogP contribution < -0.4 is 46.6 Å². The van der Waals surface area contributed by atoms with Gasteiger partial charge in [-0.2, -0.15) is 0 Å². The first-order valence-electron chi connectivity index (χ1n) is 10.8. The fourth-order valence-corrected chi connectivity index (χ4v) is 2.27. The van der Waals surface area contributed by atoms with E-state index in [1.165, 1.54) is 0 Å². The predicted molar refractivity (Wildman–Crippen MR) is 122 cm³/mol. The van der Waals surface area contributed by atoms with Gasteiger partial charge in [-0.05, 0) is 38.5 Å². The van der Waals surface area contributed by atoms with Crippen LogP contribution in [-0.2, 0) is 43.2 Å². The van der Waals surface area contributed by atoms with Crippen molar-refractivity contribution in [3.63, 3.8) is 0 Å². The average molecular weight is 615 g/mol. The Bertz CT molecular complexity index is 800. The first kappa shape index (κ1) is 47.1. The van der Waals surface area contributed by atoms with E-state index in [-0.39, 0.29) is 54.0 Å². The summed E-state index contributed by atoms with van der Waals surface area (Å²) in [6.07, 6.45) is -1.99. The predicted octanol–water partition coefficient (Wildman–Crippen LogP) is -10.4. The molecule has 0 spiro atoms. The number of amides is 3. The van der Waals surface area contributed by atoms with E-state index in [1.807, 2.05) is 16.0 Å². The smallest absolute Gasteiger partial charge is 0.550 e. The Balaban J connectivity index is -0.000000154. The molecule has 0 unspecified atom stereocenters. The average Bonchev–Trinajstić information content (AvgIpc) is 2.76. The van der Waals surface area contributed by atoms with E-state index in [0.29, 0.717) is 0 Å². The Hall–Kier alpha value is -3.71. The Morgan fingerprint density at radius 1 is 0.439 bits per heavy atom. The molecule has 3 amide bonds. The second-order valence-electron chi connectivity index (χ2n) is 7.45. The minimum Gasteiger partial charge on any atom is -0.550 e. The van der Waals surface area contributed by atoms with Crippen LogP contribution >= 0.6 is 0 Å². The minimum absolute atomic E-state index is 0. The molecule has 0 bridgehead atoms. The van der Waals surface area contributed by atoms with Crippen molar-refractivity contribution in [2.45, 2.75) is 77.4 Å². The van der Waals surface area contributed by atoms with Crippen LogP contribution in [0.25, 0.3) is 0 Å². The van der Waals surface area contributed by atoms with Gasteiger partial charge in [-0.3, -0.25) is 14.4 Å². The van der Waals surface area contributed by atoms with Gasteiger partial charge in [0.25, 0.3) is 0 Å². The van der Waals surface area contributed by atoms with E-state index in [2.05, 4.69) is 0 Å². The molecule has 0 aromatic carbocycles. The fourth-order valence-electron chi connectivity index (χ4n) is 2.27. The summed E-state index contributed by atoms with van der Waals surface area (Å²) in [7, 11) is 0. The van der Waals surface area contributed by atoms with E-state index in [9.17, 15) is 73.8 Å². The van der Waals surface area contributed by atoms with Gasteiger partial charge in [0.15, 0.2) is 0 Å². The van der Waals surface area contributed by atoms with E-state index in [1.54, 1.807) is 0 Å². The van der Waals surface area contributed by atoms with Crippen LogP contribution in [0.1, 0.15) is 59.3 Å². The number of carboxylic acid groups (broad SMARTS) is 6. The molecule has 0 saturated carbocycles. The Morgan fingerprint density at radius 2 is 0.610 bits per heavy atom. The van der Waals surface area contributed by atoms with Crippen LogP contribution in [0.5, 0.6) is 0 Å². The molecule has 222 valence electrons. The third kappa shape index (κ3) is 34.3. The minimum atomic E-state index is -1.50. The summed E-state index contributed by atoms with van der Waals surface area (Å²) in [5.74, 6) is -10.2. The van der Waals surface area contributed by atoms with Gasteiger partial charge in [-0.1, -0.05) is 0 Å². The van der Waals surface area contributed by atoms with Crippen molar-refractivity contribution in [3.05, 3.63) is 0 Å². The molecule has 0 aliphatic carbocycles. The monoisotopic (exact) mass is 615 g/mol. The number of carbonyl (C=O) groups is 9. The van der Waals surface area contributed by atoms with Gasteiger partial charge in [0.05, 0.1) is 36.0 Å². The first-order chi connectivity index (χ1) is 17.8. The van der Waals surface area contributed by atoms with Gasteiger partial charge < -0.3 is 75.4 Å². The van der Waals surface area contributed by atoms with Crippen molar-refractivity contribution in [2.24, 2.45) is 0 Å². The van der Waals surface area contributed by atoms with Crippen LogP contribution in [0, 0.1) is 0 Å². The molecule has 0 aromatic heterocycles. The second-order valence-corrected chi connectivity index (χ2v) is 7.45. The quantitative estimate of drug-likeness (QED) is 0.144. The van der Waals surface area contributed by atoms with E-state index >= 15 is 0 Å². The molecule has 0 heterocycles. The fraction of sp³-hybridized carbons (Fsp3) is 0.571.